The van der Waals surface area contributed by atoms with Crippen molar-refractivity contribution in [2.24, 2.45) is 0 Å². The SMILES string of the molecule is Cc1cc(Cc2ccc3nc(-c4c5cccccc-5[nH]c4=O)[nH]c3c2)nc(N(C)C)n1. The topological polar surface area (TPSA) is 90.6 Å². The van der Waals surface area contributed by atoms with E-state index < -0.39 is 0 Å². The van der Waals surface area contributed by atoms with Gasteiger partial charge in [0.15, 0.2) is 0 Å². The average molecular weight is 410 g/mol. The second kappa shape index (κ2) is 7.36. The Morgan fingerprint density at radius 2 is 1.77 bits per heavy atom. The summed E-state index contributed by atoms with van der Waals surface area (Å²) in [4.78, 5) is 34.6. The molecule has 0 fully saturated rings. The van der Waals surface area contributed by atoms with Crippen LogP contribution in [0, 0.1) is 6.92 Å². The molecule has 2 N–H and O–H groups in total. The van der Waals surface area contributed by atoms with Crippen LogP contribution in [0.4, 0.5) is 5.95 Å². The van der Waals surface area contributed by atoms with Gasteiger partial charge < -0.3 is 14.9 Å². The van der Waals surface area contributed by atoms with Crippen LogP contribution in [0.25, 0.3) is 33.7 Å². The molecule has 1 aliphatic carbocycles. The number of benzene rings is 1. The molecule has 0 bridgehead atoms. The van der Waals surface area contributed by atoms with Gasteiger partial charge in [0.1, 0.15) is 5.82 Å². The van der Waals surface area contributed by atoms with Crippen molar-refractivity contribution in [3.05, 3.63) is 81.9 Å². The number of H-pyrrole nitrogens is 2. The van der Waals surface area contributed by atoms with Crippen LogP contribution in [0.3, 0.4) is 0 Å². The predicted octanol–water partition coefficient (Wildman–Crippen LogP) is 3.78. The number of hydrogen-bond acceptors (Lipinski definition) is 5. The fourth-order valence-corrected chi connectivity index (χ4v) is 3.82. The summed E-state index contributed by atoms with van der Waals surface area (Å²) in [7, 11) is 3.87. The highest BCUT2D eigenvalue weighted by Crippen LogP contribution is 2.29. The molecule has 0 radical (unpaired) electrons. The molecule has 5 rings (SSSR count). The third-order valence-corrected chi connectivity index (χ3v) is 5.25. The average Bonchev–Trinajstić information content (AvgIpc) is 3.18. The largest absolute Gasteiger partial charge is 0.347 e. The minimum absolute atomic E-state index is 0.145. The van der Waals surface area contributed by atoms with Gasteiger partial charge in [-0.25, -0.2) is 15.0 Å². The van der Waals surface area contributed by atoms with Crippen LogP contribution in [0.2, 0.25) is 0 Å². The third-order valence-electron chi connectivity index (χ3n) is 5.25. The van der Waals surface area contributed by atoms with Crippen LogP contribution in [0.15, 0.2) is 59.4 Å². The molecule has 7 nitrogen and oxygen atoms in total. The normalized spacial score (nSPS) is 11.3. The standard InChI is InChI=1S/C24H22N6O/c1-14-11-16(26-24(25-14)30(2)3)12-15-9-10-19-20(13-15)28-22(27-19)21-17-7-5-4-6-8-18(17)29-23(21)31/h4-11,13H,12H2,1-3H3,(H,27,28)(H,29,31). The van der Waals surface area contributed by atoms with Gasteiger partial charge in [-0.1, -0.05) is 30.3 Å². The van der Waals surface area contributed by atoms with E-state index in [1.165, 1.54) is 0 Å². The quantitative estimate of drug-likeness (QED) is 0.471. The van der Waals surface area contributed by atoms with Crippen molar-refractivity contribution < 1.29 is 0 Å². The number of nitrogens with one attached hydrogen (secondary N) is 2. The maximum Gasteiger partial charge on any atom is 0.260 e. The highest BCUT2D eigenvalue weighted by molar-refractivity contribution is 5.85. The van der Waals surface area contributed by atoms with Gasteiger partial charge in [-0.2, -0.15) is 0 Å². The fourth-order valence-electron chi connectivity index (χ4n) is 3.82. The predicted molar refractivity (Wildman–Crippen MR) is 123 cm³/mol. The Morgan fingerprint density at radius 3 is 2.61 bits per heavy atom. The van der Waals surface area contributed by atoms with Crippen LogP contribution < -0.4 is 10.5 Å². The van der Waals surface area contributed by atoms with Crippen LogP contribution in [0.1, 0.15) is 17.0 Å². The van der Waals surface area contributed by atoms with Gasteiger partial charge in [-0.3, -0.25) is 4.79 Å². The maximum absolute atomic E-state index is 12.6. The number of hydrogen-bond donors (Lipinski definition) is 2. The van der Waals surface area contributed by atoms with E-state index in [2.05, 4.69) is 31.0 Å². The summed E-state index contributed by atoms with van der Waals surface area (Å²) in [5, 5.41) is 0. The molecule has 3 aromatic rings. The molecule has 0 saturated heterocycles. The fraction of sp³-hybridized carbons (Fsp3) is 0.167. The molecule has 0 amide bonds. The lowest BCUT2D eigenvalue weighted by molar-refractivity contribution is 0.933. The molecule has 0 saturated carbocycles. The van der Waals surface area contributed by atoms with Crippen molar-refractivity contribution in [1.29, 1.82) is 0 Å². The van der Waals surface area contributed by atoms with Gasteiger partial charge in [0.2, 0.25) is 5.95 Å². The highest BCUT2D eigenvalue weighted by Gasteiger charge is 2.18. The van der Waals surface area contributed by atoms with Crippen molar-refractivity contribution in [3.8, 4) is 22.6 Å². The smallest absolute Gasteiger partial charge is 0.260 e. The van der Waals surface area contributed by atoms with E-state index in [4.69, 9.17) is 0 Å². The summed E-state index contributed by atoms with van der Waals surface area (Å²) in [5.74, 6) is 1.28. The number of anilines is 1. The zero-order chi connectivity index (χ0) is 21.5. The van der Waals surface area contributed by atoms with E-state index in [-0.39, 0.29) is 5.56 Å². The van der Waals surface area contributed by atoms with Gasteiger partial charge in [0.25, 0.3) is 5.56 Å². The number of fused-ring (bicyclic) bond motifs is 2. The molecule has 2 aromatic heterocycles. The molecule has 0 atom stereocenters. The summed E-state index contributed by atoms with van der Waals surface area (Å²) < 4.78 is 0. The molecule has 2 aliphatic rings. The number of imidazole rings is 1. The Morgan fingerprint density at radius 1 is 0.935 bits per heavy atom. The van der Waals surface area contributed by atoms with Gasteiger partial charge in [0.05, 0.1) is 22.3 Å². The molecule has 3 heterocycles. The third kappa shape index (κ3) is 3.54. The number of nitrogens with zero attached hydrogens (tertiary/aromatic N) is 4. The number of aryl methyl sites for hydroxylation is 1. The highest BCUT2D eigenvalue weighted by atomic mass is 16.1. The lowest BCUT2D eigenvalue weighted by Gasteiger charge is -2.12. The maximum atomic E-state index is 12.6. The van der Waals surface area contributed by atoms with Crippen LogP contribution in [0.5, 0.6) is 0 Å². The number of rotatable bonds is 4. The molecular formula is C24H22N6O. The van der Waals surface area contributed by atoms with Gasteiger partial charge >= 0.3 is 0 Å². The first-order valence-corrected chi connectivity index (χ1v) is 10.1. The van der Waals surface area contributed by atoms with Crippen molar-refractivity contribution >= 4 is 17.0 Å². The minimum atomic E-state index is -0.145. The summed E-state index contributed by atoms with van der Waals surface area (Å²) in [6.45, 7) is 1.98. The minimum Gasteiger partial charge on any atom is -0.347 e. The van der Waals surface area contributed by atoms with E-state index in [0.29, 0.717) is 23.8 Å². The van der Waals surface area contributed by atoms with Gasteiger partial charge in [-0.05, 0) is 36.8 Å². The Labute approximate surface area is 179 Å². The Hall–Kier alpha value is -4.00. The zero-order valence-electron chi connectivity index (χ0n) is 17.6. The van der Waals surface area contributed by atoms with Crippen LogP contribution in [-0.2, 0) is 6.42 Å². The number of aromatic amines is 2. The lowest BCUT2D eigenvalue weighted by atomic mass is 10.1. The molecule has 0 spiro atoms. The number of aromatic nitrogens is 5. The van der Waals surface area contributed by atoms with E-state index in [0.717, 1.165) is 39.2 Å². The summed E-state index contributed by atoms with van der Waals surface area (Å²) in [6, 6.07) is 17.7. The molecule has 31 heavy (non-hydrogen) atoms. The van der Waals surface area contributed by atoms with E-state index in [1.807, 2.05) is 74.4 Å². The van der Waals surface area contributed by atoms with Gasteiger partial charge in [-0.15, -0.1) is 0 Å². The first-order chi connectivity index (χ1) is 15.0. The van der Waals surface area contributed by atoms with Crippen molar-refractivity contribution in [2.45, 2.75) is 13.3 Å². The zero-order valence-corrected chi connectivity index (χ0v) is 17.6. The second-order valence-electron chi connectivity index (χ2n) is 7.88. The van der Waals surface area contributed by atoms with E-state index in [9.17, 15) is 4.79 Å². The summed E-state index contributed by atoms with van der Waals surface area (Å²) in [6.07, 6.45) is 0.685. The van der Waals surface area contributed by atoms with Crippen molar-refractivity contribution in [1.82, 2.24) is 24.9 Å². The Kier molecular flexibility index (Phi) is 4.51. The molecular weight excluding hydrogens is 388 g/mol. The lowest BCUT2D eigenvalue weighted by Crippen LogP contribution is -2.14. The molecule has 0 unspecified atom stereocenters. The van der Waals surface area contributed by atoms with E-state index in [1.54, 1.807) is 0 Å². The first-order valence-electron chi connectivity index (χ1n) is 10.1. The first kappa shape index (κ1) is 19.0. The molecule has 1 aliphatic heterocycles. The van der Waals surface area contributed by atoms with E-state index >= 15 is 0 Å². The van der Waals surface area contributed by atoms with Crippen molar-refractivity contribution in [3.63, 3.8) is 0 Å². The molecule has 1 aromatic carbocycles. The molecule has 154 valence electrons. The Balaban J connectivity index is 1.53. The van der Waals surface area contributed by atoms with Crippen LogP contribution >= 0.6 is 0 Å². The summed E-state index contributed by atoms with van der Waals surface area (Å²) >= 11 is 0. The molecule has 7 heteroatoms. The Bertz CT molecular complexity index is 1430. The summed E-state index contributed by atoms with van der Waals surface area (Å²) in [5.41, 5.74) is 6.78. The van der Waals surface area contributed by atoms with Crippen molar-refractivity contribution in [2.75, 3.05) is 19.0 Å². The van der Waals surface area contributed by atoms with Gasteiger partial charge in [0, 0.05) is 37.5 Å². The second-order valence-corrected chi connectivity index (χ2v) is 7.88. The monoisotopic (exact) mass is 410 g/mol. The van der Waals surface area contributed by atoms with Crippen LogP contribution in [-0.4, -0.2) is 39.0 Å².